The lowest BCUT2D eigenvalue weighted by atomic mass is 9.97. The SMILES string of the molecule is CC(Cc1ccccc1)C1=CC=CCN1. The van der Waals surface area contributed by atoms with E-state index in [2.05, 4.69) is 60.8 Å². The summed E-state index contributed by atoms with van der Waals surface area (Å²) in [5, 5.41) is 3.41. The van der Waals surface area contributed by atoms with Crippen molar-refractivity contribution in [1.82, 2.24) is 5.32 Å². The van der Waals surface area contributed by atoms with Crippen molar-refractivity contribution in [2.24, 2.45) is 5.92 Å². The van der Waals surface area contributed by atoms with E-state index < -0.39 is 0 Å². The van der Waals surface area contributed by atoms with Gasteiger partial charge in [0.15, 0.2) is 0 Å². The van der Waals surface area contributed by atoms with E-state index in [0.29, 0.717) is 5.92 Å². The number of nitrogens with one attached hydrogen (secondary N) is 1. The summed E-state index contributed by atoms with van der Waals surface area (Å²) in [5.41, 5.74) is 2.75. The molecule has 0 radical (unpaired) electrons. The van der Waals surface area contributed by atoms with Gasteiger partial charge >= 0.3 is 0 Å². The minimum Gasteiger partial charge on any atom is -0.385 e. The van der Waals surface area contributed by atoms with Gasteiger partial charge in [-0.05, 0) is 24.0 Å². The molecule has 0 amide bonds. The summed E-state index contributed by atoms with van der Waals surface area (Å²) in [6, 6.07) is 10.6. The fraction of sp³-hybridized carbons (Fsp3) is 0.286. The first-order valence-corrected chi connectivity index (χ1v) is 5.51. The Labute approximate surface area is 91.5 Å². The molecule has 0 saturated carbocycles. The molecule has 78 valence electrons. The molecule has 1 aliphatic heterocycles. The molecule has 0 aliphatic carbocycles. The average molecular weight is 199 g/mol. The van der Waals surface area contributed by atoms with E-state index >= 15 is 0 Å². The van der Waals surface area contributed by atoms with Gasteiger partial charge in [-0.1, -0.05) is 49.4 Å². The number of dihydropyridines is 1. The van der Waals surface area contributed by atoms with E-state index in [0.717, 1.165) is 13.0 Å². The van der Waals surface area contributed by atoms with E-state index in [4.69, 9.17) is 0 Å². The van der Waals surface area contributed by atoms with Crippen LogP contribution in [0, 0.1) is 5.92 Å². The van der Waals surface area contributed by atoms with Crippen LogP contribution in [0.5, 0.6) is 0 Å². The van der Waals surface area contributed by atoms with Crippen molar-refractivity contribution < 1.29 is 0 Å². The van der Waals surface area contributed by atoms with Crippen LogP contribution in [0.3, 0.4) is 0 Å². The van der Waals surface area contributed by atoms with Gasteiger partial charge in [-0.3, -0.25) is 0 Å². The quantitative estimate of drug-likeness (QED) is 0.789. The van der Waals surface area contributed by atoms with E-state index in [-0.39, 0.29) is 0 Å². The average Bonchev–Trinajstić information content (AvgIpc) is 2.31. The lowest BCUT2D eigenvalue weighted by Crippen LogP contribution is -2.22. The Kier molecular flexibility index (Phi) is 3.23. The molecule has 1 nitrogen and oxygen atoms in total. The van der Waals surface area contributed by atoms with Gasteiger partial charge < -0.3 is 5.32 Å². The third-order valence-electron chi connectivity index (χ3n) is 2.75. The van der Waals surface area contributed by atoms with Gasteiger partial charge in [-0.15, -0.1) is 0 Å². The largest absolute Gasteiger partial charge is 0.385 e. The molecule has 1 N–H and O–H groups in total. The van der Waals surface area contributed by atoms with Crippen LogP contribution in [0.4, 0.5) is 0 Å². The molecule has 0 fully saturated rings. The van der Waals surface area contributed by atoms with Crippen LogP contribution in [0.15, 0.2) is 54.3 Å². The maximum atomic E-state index is 3.41. The molecule has 0 bridgehead atoms. The van der Waals surface area contributed by atoms with Crippen LogP contribution in [-0.4, -0.2) is 6.54 Å². The monoisotopic (exact) mass is 199 g/mol. The van der Waals surface area contributed by atoms with Gasteiger partial charge in [-0.25, -0.2) is 0 Å². The molecular formula is C14H17N. The fourth-order valence-corrected chi connectivity index (χ4v) is 1.89. The molecule has 1 aromatic rings. The Balaban J connectivity index is 2.00. The normalized spacial score (nSPS) is 16.7. The summed E-state index contributed by atoms with van der Waals surface area (Å²) in [5.74, 6) is 0.567. The second-order valence-corrected chi connectivity index (χ2v) is 4.02. The number of hydrogen-bond donors (Lipinski definition) is 1. The molecular weight excluding hydrogens is 182 g/mol. The van der Waals surface area contributed by atoms with Gasteiger partial charge in [0.1, 0.15) is 0 Å². The van der Waals surface area contributed by atoms with Crippen molar-refractivity contribution in [2.75, 3.05) is 6.54 Å². The summed E-state index contributed by atoms with van der Waals surface area (Å²) < 4.78 is 0. The highest BCUT2D eigenvalue weighted by molar-refractivity contribution is 5.22. The van der Waals surface area contributed by atoms with Crippen molar-refractivity contribution in [3.8, 4) is 0 Å². The molecule has 0 aromatic heterocycles. The van der Waals surface area contributed by atoms with Crippen molar-refractivity contribution in [3.05, 3.63) is 59.8 Å². The Hall–Kier alpha value is -1.50. The van der Waals surface area contributed by atoms with Crippen LogP contribution in [0.2, 0.25) is 0 Å². The van der Waals surface area contributed by atoms with Crippen LogP contribution >= 0.6 is 0 Å². The van der Waals surface area contributed by atoms with Crippen molar-refractivity contribution >= 4 is 0 Å². The fourth-order valence-electron chi connectivity index (χ4n) is 1.89. The number of rotatable bonds is 3. The summed E-state index contributed by atoms with van der Waals surface area (Å²) in [6.07, 6.45) is 7.55. The molecule has 1 unspecified atom stereocenters. The van der Waals surface area contributed by atoms with Crippen molar-refractivity contribution in [3.63, 3.8) is 0 Å². The molecule has 1 atom stereocenters. The van der Waals surface area contributed by atoms with Crippen LogP contribution in [0.1, 0.15) is 12.5 Å². The standard InChI is InChI=1S/C14H17N/c1-12(14-9-5-6-10-15-14)11-13-7-3-2-4-8-13/h2-9,12,15H,10-11H2,1H3. The Morgan fingerprint density at radius 2 is 2.07 bits per heavy atom. The first-order valence-electron chi connectivity index (χ1n) is 5.51. The van der Waals surface area contributed by atoms with Crippen LogP contribution < -0.4 is 5.32 Å². The smallest absolute Gasteiger partial charge is 0.0330 e. The molecule has 1 heterocycles. The lowest BCUT2D eigenvalue weighted by Gasteiger charge is -2.19. The van der Waals surface area contributed by atoms with Crippen molar-refractivity contribution in [1.29, 1.82) is 0 Å². The Morgan fingerprint density at radius 1 is 1.27 bits per heavy atom. The van der Waals surface area contributed by atoms with Gasteiger partial charge in [0.05, 0.1) is 0 Å². The molecule has 1 heteroatoms. The lowest BCUT2D eigenvalue weighted by molar-refractivity contribution is 0.615. The summed E-state index contributed by atoms with van der Waals surface area (Å²) in [4.78, 5) is 0. The highest BCUT2D eigenvalue weighted by Gasteiger charge is 2.09. The van der Waals surface area contributed by atoms with E-state index in [9.17, 15) is 0 Å². The van der Waals surface area contributed by atoms with E-state index in [1.807, 2.05) is 0 Å². The summed E-state index contributed by atoms with van der Waals surface area (Å²) in [6.45, 7) is 3.23. The van der Waals surface area contributed by atoms with E-state index in [1.54, 1.807) is 0 Å². The van der Waals surface area contributed by atoms with Gasteiger partial charge in [0.25, 0.3) is 0 Å². The zero-order valence-electron chi connectivity index (χ0n) is 9.11. The van der Waals surface area contributed by atoms with Gasteiger partial charge in [0, 0.05) is 12.2 Å². The summed E-state index contributed by atoms with van der Waals surface area (Å²) in [7, 11) is 0. The minimum absolute atomic E-state index is 0.567. The molecule has 1 aliphatic rings. The first-order chi connectivity index (χ1) is 7.36. The molecule has 1 aromatic carbocycles. The highest BCUT2D eigenvalue weighted by Crippen LogP contribution is 2.15. The van der Waals surface area contributed by atoms with Gasteiger partial charge in [-0.2, -0.15) is 0 Å². The van der Waals surface area contributed by atoms with Crippen LogP contribution in [0.25, 0.3) is 0 Å². The second-order valence-electron chi connectivity index (χ2n) is 4.02. The topological polar surface area (TPSA) is 12.0 Å². The first kappa shape index (κ1) is 10.0. The van der Waals surface area contributed by atoms with Crippen molar-refractivity contribution in [2.45, 2.75) is 13.3 Å². The van der Waals surface area contributed by atoms with E-state index in [1.165, 1.54) is 11.3 Å². The van der Waals surface area contributed by atoms with Crippen LogP contribution in [-0.2, 0) is 6.42 Å². The second kappa shape index (κ2) is 4.83. The number of allylic oxidation sites excluding steroid dienone is 3. The zero-order chi connectivity index (χ0) is 10.5. The molecule has 2 rings (SSSR count). The molecule has 0 spiro atoms. The predicted molar refractivity (Wildman–Crippen MR) is 64.5 cm³/mol. The zero-order valence-corrected chi connectivity index (χ0v) is 9.11. The summed E-state index contributed by atoms with van der Waals surface area (Å²) >= 11 is 0. The highest BCUT2D eigenvalue weighted by atomic mass is 14.9. The maximum absolute atomic E-state index is 3.41. The minimum atomic E-state index is 0.567. The Morgan fingerprint density at radius 3 is 2.73 bits per heavy atom. The number of hydrogen-bond acceptors (Lipinski definition) is 1. The molecule has 0 saturated heterocycles. The predicted octanol–water partition coefficient (Wildman–Crippen LogP) is 2.91. The third kappa shape index (κ3) is 2.72. The third-order valence-corrected chi connectivity index (χ3v) is 2.75. The maximum Gasteiger partial charge on any atom is 0.0330 e. The Bertz CT molecular complexity index is 362. The molecule has 15 heavy (non-hydrogen) atoms. The number of benzene rings is 1. The van der Waals surface area contributed by atoms with Gasteiger partial charge in [0.2, 0.25) is 0 Å².